The molecule has 0 unspecified atom stereocenters. The summed E-state index contributed by atoms with van der Waals surface area (Å²) in [5, 5.41) is 12.9. The smallest absolute Gasteiger partial charge is 0.252 e. The minimum atomic E-state index is -0.330. The van der Waals surface area contributed by atoms with Crippen LogP contribution in [-0.4, -0.2) is 44.3 Å². The monoisotopic (exact) mass is 532 g/mol. The molecule has 9 nitrogen and oxygen atoms in total. The van der Waals surface area contributed by atoms with Crippen molar-refractivity contribution in [3.63, 3.8) is 0 Å². The van der Waals surface area contributed by atoms with Gasteiger partial charge in [0.1, 0.15) is 11.6 Å². The molecule has 0 atom stereocenters. The SMILES string of the molecule is COc1cc2cc(CN(Cc3ccc(F)cc3)Cc3nnnn3Cc3ccc(F)cc3)c(=O)[nH]c2cc1OC. The maximum absolute atomic E-state index is 13.5. The number of tetrazole rings is 1. The molecular weight excluding hydrogens is 506 g/mol. The van der Waals surface area contributed by atoms with Gasteiger partial charge in [-0.3, -0.25) is 9.69 Å². The first-order valence-electron chi connectivity index (χ1n) is 12.2. The van der Waals surface area contributed by atoms with Crippen LogP contribution in [0.2, 0.25) is 0 Å². The van der Waals surface area contributed by atoms with Gasteiger partial charge in [-0.15, -0.1) is 5.10 Å². The molecule has 0 bridgehead atoms. The van der Waals surface area contributed by atoms with Gasteiger partial charge in [-0.05, 0) is 58.0 Å². The van der Waals surface area contributed by atoms with Crippen LogP contribution in [0.5, 0.6) is 11.5 Å². The predicted octanol–water partition coefficient (Wildman–Crippen LogP) is 4.06. The molecule has 0 radical (unpaired) electrons. The molecule has 0 aliphatic heterocycles. The third-order valence-electron chi connectivity index (χ3n) is 6.36. The molecule has 0 spiro atoms. The number of methoxy groups -OCH3 is 2. The first kappa shape index (κ1) is 26.0. The maximum atomic E-state index is 13.5. The Kier molecular flexibility index (Phi) is 7.60. The van der Waals surface area contributed by atoms with Crippen LogP contribution in [-0.2, 0) is 26.2 Å². The molecule has 3 aromatic carbocycles. The van der Waals surface area contributed by atoms with Crippen molar-refractivity contribution in [2.45, 2.75) is 26.2 Å². The summed E-state index contributed by atoms with van der Waals surface area (Å²) in [7, 11) is 3.09. The van der Waals surface area contributed by atoms with E-state index in [1.165, 1.54) is 31.4 Å². The second-order valence-corrected chi connectivity index (χ2v) is 9.07. The van der Waals surface area contributed by atoms with Crippen LogP contribution in [0.15, 0.2) is 71.5 Å². The summed E-state index contributed by atoms with van der Waals surface area (Å²) < 4.78 is 39.3. The van der Waals surface area contributed by atoms with Gasteiger partial charge in [0.15, 0.2) is 17.3 Å². The van der Waals surface area contributed by atoms with E-state index in [-0.39, 0.29) is 23.7 Å². The molecule has 0 aliphatic carbocycles. The number of rotatable bonds is 10. The third-order valence-corrected chi connectivity index (χ3v) is 6.36. The summed E-state index contributed by atoms with van der Waals surface area (Å²) in [5.41, 5.74) is 2.59. The van der Waals surface area contributed by atoms with E-state index >= 15 is 0 Å². The highest BCUT2D eigenvalue weighted by Gasteiger charge is 2.17. The van der Waals surface area contributed by atoms with Crippen LogP contribution >= 0.6 is 0 Å². The average Bonchev–Trinajstić information content (AvgIpc) is 3.37. The molecular formula is C28H26F2N6O3. The molecule has 1 N–H and O–H groups in total. The fourth-order valence-corrected chi connectivity index (χ4v) is 4.37. The van der Waals surface area contributed by atoms with Gasteiger partial charge in [0.05, 0.1) is 32.8 Å². The van der Waals surface area contributed by atoms with Gasteiger partial charge in [0.25, 0.3) is 5.56 Å². The predicted molar refractivity (Wildman–Crippen MR) is 140 cm³/mol. The van der Waals surface area contributed by atoms with Gasteiger partial charge < -0.3 is 14.5 Å². The minimum Gasteiger partial charge on any atom is -0.493 e. The van der Waals surface area contributed by atoms with Gasteiger partial charge in [0, 0.05) is 30.1 Å². The van der Waals surface area contributed by atoms with Gasteiger partial charge in [0.2, 0.25) is 0 Å². The number of hydrogen-bond donors (Lipinski definition) is 1. The summed E-state index contributed by atoms with van der Waals surface area (Å²) in [4.78, 5) is 18.0. The number of aromatic nitrogens is 5. The first-order chi connectivity index (χ1) is 18.9. The lowest BCUT2D eigenvalue weighted by Gasteiger charge is -2.22. The Morgan fingerprint density at radius 1 is 0.846 bits per heavy atom. The fourth-order valence-electron chi connectivity index (χ4n) is 4.37. The van der Waals surface area contributed by atoms with Crippen molar-refractivity contribution in [3.05, 3.63) is 111 Å². The van der Waals surface area contributed by atoms with Crippen molar-refractivity contribution in [1.82, 2.24) is 30.1 Å². The summed E-state index contributed by atoms with van der Waals surface area (Å²) in [6.45, 7) is 1.33. The molecule has 39 heavy (non-hydrogen) atoms. The molecule has 0 saturated heterocycles. The molecule has 0 aliphatic rings. The van der Waals surface area contributed by atoms with Crippen molar-refractivity contribution < 1.29 is 18.3 Å². The minimum absolute atomic E-state index is 0.246. The number of nitrogens with zero attached hydrogens (tertiary/aromatic N) is 5. The van der Waals surface area contributed by atoms with E-state index in [4.69, 9.17) is 9.47 Å². The van der Waals surface area contributed by atoms with Crippen LogP contribution in [0.3, 0.4) is 0 Å². The lowest BCUT2D eigenvalue weighted by Crippen LogP contribution is -2.28. The Balaban J connectivity index is 1.45. The number of ether oxygens (including phenoxy) is 2. The van der Waals surface area contributed by atoms with Crippen molar-refractivity contribution in [2.75, 3.05) is 14.2 Å². The van der Waals surface area contributed by atoms with Crippen molar-refractivity contribution in [2.24, 2.45) is 0 Å². The Hall–Kier alpha value is -4.64. The Morgan fingerprint density at radius 2 is 1.49 bits per heavy atom. The van der Waals surface area contributed by atoms with Gasteiger partial charge in [-0.1, -0.05) is 24.3 Å². The number of H-pyrrole nitrogens is 1. The van der Waals surface area contributed by atoms with Crippen molar-refractivity contribution in [1.29, 1.82) is 0 Å². The number of aromatic amines is 1. The summed E-state index contributed by atoms with van der Waals surface area (Å²) in [5.74, 6) is 0.970. The molecule has 5 aromatic rings. The fraction of sp³-hybridized carbons (Fsp3) is 0.214. The third kappa shape index (κ3) is 6.10. The highest BCUT2D eigenvalue weighted by molar-refractivity contribution is 5.83. The number of halogens is 2. The molecule has 200 valence electrons. The molecule has 0 saturated carbocycles. The van der Waals surface area contributed by atoms with E-state index in [9.17, 15) is 13.6 Å². The van der Waals surface area contributed by atoms with Crippen molar-refractivity contribution in [3.8, 4) is 11.5 Å². The Morgan fingerprint density at radius 3 is 2.15 bits per heavy atom. The molecule has 0 amide bonds. The zero-order valence-corrected chi connectivity index (χ0v) is 21.4. The van der Waals surface area contributed by atoms with E-state index in [2.05, 4.69) is 20.5 Å². The van der Waals surface area contributed by atoms with E-state index in [0.29, 0.717) is 48.0 Å². The second kappa shape index (κ2) is 11.4. The van der Waals surface area contributed by atoms with E-state index in [1.54, 1.807) is 48.2 Å². The van der Waals surface area contributed by atoms with E-state index in [0.717, 1.165) is 16.5 Å². The highest BCUT2D eigenvalue weighted by atomic mass is 19.1. The maximum Gasteiger partial charge on any atom is 0.252 e. The molecule has 2 aromatic heterocycles. The molecule has 5 rings (SSSR count). The van der Waals surface area contributed by atoms with Gasteiger partial charge in [-0.2, -0.15) is 0 Å². The first-order valence-corrected chi connectivity index (χ1v) is 12.2. The topological polar surface area (TPSA) is 98.2 Å². The molecule has 11 heteroatoms. The number of nitrogens with one attached hydrogen (secondary N) is 1. The zero-order chi connectivity index (χ0) is 27.4. The number of fused-ring (bicyclic) bond motifs is 1. The van der Waals surface area contributed by atoms with E-state index in [1.807, 2.05) is 11.0 Å². The normalized spacial score (nSPS) is 11.3. The standard InChI is InChI=1S/C28H26F2N6O3/c1-38-25-12-20-11-21(28(37)31-24(20)13-26(25)39-2)16-35(14-18-3-7-22(29)8-4-18)17-27-32-33-34-36(27)15-19-5-9-23(30)10-6-19/h3-13H,14-17H2,1-2H3,(H,31,37). The van der Waals surface area contributed by atoms with Crippen LogP contribution in [0.4, 0.5) is 8.78 Å². The van der Waals surface area contributed by atoms with Crippen LogP contribution in [0.25, 0.3) is 10.9 Å². The number of hydrogen-bond acceptors (Lipinski definition) is 7. The summed E-state index contributed by atoms with van der Waals surface area (Å²) in [6, 6.07) is 17.7. The summed E-state index contributed by atoms with van der Waals surface area (Å²) >= 11 is 0. The van der Waals surface area contributed by atoms with Gasteiger partial charge in [-0.25, -0.2) is 13.5 Å². The van der Waals surface area contributed by atoms with Crippen LogP contribution in [0.1, 0.15) is 22.5 Å². The molecule has 2 heterocycles. The van der Waals surface area contributed by atoms with Crippen molar-refractivity contribution >= 4 is 10.9 Å². The van der Waals surface area contributed by atoms with Crippen LogP contribution in [0, 0.1) is 11.6 Å². The Labute approximate surface area is 222 Å². The van der Waals surface area contributed by atoms with Crippen LogP contribution < -0.4 is 15.0 Å². The molecule has 0 fully saturated rings. The highest BCUT2D eigenvalue weighted by Crippen LogP contribution is 2.31. The lowest BCUT2D eigenvalue weighted by molar-refractivity contribution is 0.236. The average molecular weight is 533 g/mol. The number of pyridine rings is 1. The zero-order valence-electron chi connectivity index (χ0n) is 21.4. The second-order valence-electron chi connectivity index (χ2n) is 9.07. The Bertz CT molecular complexity index is 1630. The summed E-state index contributed by atoms with van der Waals surface area (Å²) in [6.07, 6.45) is 0. The largest absolute Gasteiger partial charge is 0.493 e. The van der Waals surface area contributed by atoms with Gasteiger partial charge >= 0.3 is 0 Å². The quantitative estimate of drug-likeness (QED) is 0.290. The van der Waals surface area contributed by atoms with E-state index < -0.39 is 0 Å². The number of benzene rings is 3. The lowest BCUT2D eigenvalue weighted by atomic mass is 10.1.